The third-order valence-corrected chi connectivity index (χ3v) is 3.95. The SMILES string of the molecule is C=CCCC(=O)N(C)C1CC2CCC(C1)N2.Cl.Cl. The number of nitrogens with one attached hydrogen (secondary N) is 1. The Morgan fingerprint density at radius 3 is 2.39 bits per heavy atom. The molecule has 2 aliphatic rings. The van der Waals surface area contributed by atoms with Gasteiger partial charge in [-0.05, 0) is 32.1 Å². The van der Waals surface area contributed by atoms with Crippen LogP contribution in [0.1, 0.15) is 38.5 Å². The second-order valence-electron chi connectivity index (χ2n) is 5.10. The van der Waals surface area contributed by atoms with Crippen LogP contribution in [-0.4, -0.2) is 36.0 Å². The van der Waals surface area contributed by atoms with E-state index in [0.717, 1.165) is 19.3 Å². The quantitative estimate of drug-likeness (QED) is 0.808. The maximum atomic E-state index is 11.9. The number of hydrogen-bond donors (Lipinski definition) is 1. The first-order chi connectivity index (χ1) is 7.70. The Bertz CT molecular complexity index is 274. The van der Waals surface area contributed by atoms with Gasteiger partial charge in [0, 0.05) is 31.6 Å². The summed E-state index contributed by atoms with van der Waals surface area (Å²) in [5, 5.41) is 3.60. The summed E-state index contributed by atoms with van der Waals surface area (Å²) in [7, 11) is 1.96. The lowest BCUT2D eigenvalue weighted by Crippen LogP contribution is -2.48. The van der Waals surface area contributed by atoms with Gasteiger partial charge >= 0.3 is 0 Å². The molecule has 2 aliphatic heterocycles. The summed E-state index contributed by atoms with van der Waals surface area (Å²) in [5.74, 6) is 0.270. The summed E-state index contributed by atoms with van der Waals surface area (Å²) in [6, 6.07) is 1.76. The van der Waals surface area contributed by atoms with Gasteiger partial charge in [-0.15, -0.1) is 31.4 Å². The zero-order chi connectivity index (χ0) is 11.5. The first-order valence-corrected chi connectivity index (χ1v) is 6.33. The zero-order valence-electron chi connectivity index (χ0n) is 10.9. The van der Waals surface area contributed by atoms with Gasteiger partial charge in [-0.2, -0.15) is 0 Å². The van der Waals surface area contributed by atoms with Gasteiger partial charge in [0.2, 0.25) is 5.91 Å². The molecule has 0 aromatic carbocycles. The average molecular weight is 295 g/mol. The van der Waals surface area contributed by atoms with Crippen LogP contribution in [0.2, 0.25) is 0 Å². The molecule has 2 rings (SSSR count). The van der Waals surface area contributed by atoms with Crippen molar-refractivity contribution in [3.05, 3.63) is 12.7 Å². The summed E-state index contributed by atoms with van der Waals surface area (Å²) < 4.78 is 0. The number of rotatable bonds is 4. The molecule has 3 nitrogen and oxygen atoms in total. The molecule has 0 spiro atoms. The summed E-state index contributed by atoms with van der Waals surface area (Å²) in [5.41, 5.74) is 0. The third-order valence-electron chi connectivity index (χ3n) is 3.95. The van der Waals surface area contributed by atoms with Crippen molar-refractivity contribution in [1.82, 2.24) is 10.2 Å². The number of nitrogens with zero attached hydrogens (tertiary/aromatic N) is 1. The van der Waals surface area contributed by atoms with E-state index < -0.39 is 0 Å². The highest BCUT2D eigenvalue weighted by molar-refractivity contribution is 5.85. The molecule has 18 heavy (non-hydrogen) atoms. The topological polar surface area (TPSA) is 32.3 Å². The number of hydrogen-bond acceptors (Lipinski definition) is 2. The maximum Gasteiger partial charge on any atom is 0.222 e. The Morgan fingerprint density at radius 1 is 1.33 bits per heavy atom. The highest BCUT2D eigenvalue weighted by Crippen LogP contribution is 2.29. The van der Waals surface area contributed by atoms with Gasteiger partial charge < -0.3 is 10.2 Å². The lowest BCUT2D eigenvalue weighted by atomic mass is 9.98. The summed E-state index contributed by atoms with van der Waals surface area (Å²) in [4.78, 5) is 13.9. The molecule has 2 saturated heterocycles. The number of carbonyl (C=O) groups excluding carboxylic acids is 1. The minimum absolute atomic E-state index is 0. The van der Waals surface area contributed by atoms with Crippen molar-refractivity contribution in [1.29, 1.82) is 0 Å². The van der Waals surface area contributed by atoms with Gasteiger partial charge in [-0.1, -0.05) is 6.08 Å². The van der Waals surface area contributed by atoms with E-state index in [1.165, 1.54) is 12.8 Å². The molecule has 0 aromatic heterocycles. The minimum atomic E-state index is 0. The standard InChI is InChI=1S/C13H22N2O.2ClH/c1-3-4-5-13(16)15(2)12-8-10-6-7-11(9-12)14-10;;/h3,10-12,14H,1,4-9H2,2H3;2*1H. The molecular weight excluding hydrogens is 271 g/mol. The van der Waals surface area contributed by atoms with Crippen molar-refractivity contribution < 1.29 is 4.79 Å². The van der Waals surface area contributed by atoms with Crippen molar-refractivity contribution >= 4 is 30.7 Å². The Morgan fingerprint density at radius 2 is 1.89 bits per heavy atom. The van der Waals surface area contributed by atoms with E-state index >= 15 is 0 Å². The molecule has 1 N–H and O–H groups in total. The Hall–Kier alpha value is -0.250. The summed E-state index contributed by atoms with van der Waals surface area (Å²) in [6.45, 7) is 3.66. The lowest BCUT2D eigenvalue weighted by Gasteiger charge is -2.35. The fourth-order valence-corrected chi connectivity index (χ4v) is 2.95. The van der Waals surface area contributed by atoms with Gasteiger partial charge in [-0.25, -0.2) is 0 Å². The van der Waals surface area contributed by atoms with E-state index in [-0.39, 0.29) is 30.7 Å². The smallest absolute Gasteiger partial charge is 0.222 e. The number of amides is 1. The summed E-state index contributed by atoms with van der Waals surface area (Å²) >= 11 is 0. The first-order valence-electron chi connectivity index (χ1n) is 6.33. The predicted octanol–water partition coefficient (Wildman–Crippen LogP) is 2.54. The number of fused-ring (bicyclic) bond motifs is 2. The number of piperidine rings is 1. The highest BCUT2D eigenvalue weighted by atomic mass is 35.5. The van der Waals surface area contributed by atoms with Crippen LogP contribution in [0.5, 0.6) is 0 Å². The zero-order valence-corrected chi connectivity index (χ0v) is 12.6. The number of carbonyl (C=O) groups is 1. The Balaban J connectivity index is 0.00000144. The monoisotopic (exact) mass is 294 g/mol. The molecule has 0 aromatic rings. The van der Waals surface area contributed by atoms with Crippen molar-refractivity contribution in [3.63, 3.8) is 0 Å². The predicted molar refractivity (Wildman–Crippen MR) is 79.7 cm³/mol. The van der Waals surface area contributed by atoms with Crippen LogP contribution >= 0.6 is 24.8 Å². The van der Waals surface area contributed by atoms with Crippen LogP contribution < -0.4 is 5.32 Å². The van der Waals surface area contributed by atoms with Gasteiger partial charge in [0.1, 0.15) is 0 Å². The molecule has 2 fully saturated rings. The van der Waals surface area contributed by atoms with E-state index in [1.54, 1.807) is 0 Å². The van der Waals surface area contributed by atoms with Crippen LogP contribution in [0.25, 0.3) is 0 Å². The van der Waals surface area contributed by atoms with E-state index in [2.05, 4.69) is 11.9 Å². The van der Waals surface area contributed by atoms with Crippen molar-refractivity contribution in [2.75, 3.05) is 7.05 Å². The van der Waals surface area contributed by atoms with Crippen LogP contribution in [-0.2, 0) is 4.79 Å². The molecule has 0 saturated carbocycles. The maximum absolute atomic E-state index is 11.9. The normalized spacial score (nSPS) is 28.8. The molecule has 1 amide bonds. The second kappa shape index (κ2) is 8.03. The highest BCUT2D eigenvalue weighted by Gasteiger charge is 2.36. The molecule has 2 bridgehead atoms. The van der Waals surface area contributed by atoms with Gasteiger partial charge in [0.15, 0.2) is 0 Å². The Kier molecular flexibility index (Phi) is 7.92. The van der Waals surface area contributed by atoms with E-state index in [4.69, 9.17) is 0 Å². The van der Waals surface area contributed by atoms with Gasteiger partial charge in [0.25, 0.3) is 0 Å². The van der Waals surface area contributed by atoms with Gasteiger partial charge in [-0.3, -0.25) is 4.79 Å². The first kappa shape index (κ1) is 17.8. The minimum Gasteiger partial charge on any atom is -0.343 e. The van der Waals surface area contributed by atoms with Gasteiger partial charge in [0.05, 0.1) is 0 Å². The fraction of sp³-hybridized carbons (Fsp3) is 0.769. The average Bonchev–Trinajstić information content (AvgIpc) is 2.64. The van der Waals surface area contributed by atoms with E-state index in [0.29, 0.717) is 24.5 Å². The van der Waals surface area contributed by atoms with Crippen LogP contribution in [0.15, 0.2) is 12.7 Å². The molecule has 2 unspecified atom stereocenters. The fourth-order valence-electron chi connectivity index (χ4n) is 2.95. The molecule has 0 aliphatic carbocycles. The largest absolute Gasteiger partial charge is 0.343 e. The van der Waals surface area contributed by atoms with Crippen LogP contribution in [0.3, 0.4) is 0 Å². The molecule has 106 valence electrons. The molecular formula is C13H24Cl2N2O. The van der Waals surface area contributed by atoms with Crippen LogP contribution in [0.4, 0.5) is 0 Å². The number of allylic oxidation sites excluding steroid dienone is 1. The molecule has 2 heterocycles. The second-order valence-corrected chi connectivity index (χ2v) is 5.10. The number of halogens is 2. The van der Waals surface area contributed by atoms with Crippen LogP contribution in [0, 0.1) is 0 Å². The summed E-state index contributed by atoms with van der Waals surface area (Å²) in [6.07, 6.45) is 8.06. The van der Waals surface area contributed by atoms with E-state index in [1.807, 2.05) is 18.0 Å². The molecule has 5 heteroatoms. The van der Waals surface area contributed by atoms with E-state index in [9.17, 15) is 4.79 Å². The van der Waals surface area contributed by atoms with Crippen molar-refractivity contribution in [3.8, 4) is 0 Å². The molecule has 0 radical (unpaired) electrons. The third kappa shape index (κ3) is 4.15. The lowest BCUT2D eigenvalue weighted by molar-refractivity contribution is -0.132. The van der Waals surface area contributed by atoms with Crippen molar-refractivity contribution in [2.24, 2.45) is 0 Å². The molecule has 2 atom stereocenters. The van der Waals surface area contributed by atoms with Crippen molar-refractivity contribution in [2.45, 2.75) is 56.7 Å². The Labute approximate surface area is 122 Å².